The summed E-state index contributed by atoms with van der Waals surface area (Å²) in [5, 5.41) is 62.4. The van der Waals surface area contributed by atoms with Gasteiger partial charge in [-0.2, -0.15) is 0 Å². The second-order valence-electron chi connectivity index (χ2n) is 13.9. The van der Waals surface area contributed by atoms with E-state index >= 15 is 0 Å². The summed E-state index contributed by atoms with van der Waals surface area (Å²) in [5.41, 5.74) is 0. The van der Waals surface area contributed by atoms with E-state index in [2.05, 4.69) is 19.2 Å². The van der Waals surface area contributed by atoms with Crippen molar-refractivity contribution in [1.29, 1.82) is 0 Å². The molecule has 1 amide bonds. The van der Waals surface area contributed by atoms with E-state index in [1.807, 2.05) is 0 Å². The first-order valence-electron chi connectivity index (χ1n) is 19.6. The molecule has 0 bridgehead atoms. The lowest BCUT2D eigenvalue weighted by atomic mass is 9.90. The largest absolute Gasteiger partial charge is 0.394 e. The third-order valence-electron chi connectivity index (χ3n) is 9.58. The predicted octanol–water partition coefficient (Wildman–Crippen LogP) is 7.09. The van der Waals surface area contributed by atoms with Gasteiger partial charge in [0.2, 0.25) is 5.91 Å². The van der Waals surface area contributed by atoms with Crippen molar-refractivity contribution < 1.29 is 35.4 Å². The SMILES string of the molecule is CCCCCCCCCCCCCCCC(O)C(CCCCCCCCCCCCCC)C(=O)NCC(O)C(O)C(O)C(O)CO. The molecular formula is C38H77NO7. The fourth-order valence-electron chi connectivity index (χ4n) is 6.30. The Labute approximate surface area is 283 Å². The number of nitrogens with one attached hydrogen (secondary N) is 1. The minimum atomic E-state index is -1.74. The number of rotatable bonds is 35. The molecule has 0 rings (SSSR count). The molecule has 0 aromatic rings. The molecule has 0 aromatic heterocycles. The number of unbranched alkanes of at least 4 members (excludes halogenated alkanes) is 23. The first-order chi connectivity index (χ1) is 22.3. The van der Waals surface area contributed by atoms with E-state index in [1.165, 1.54) is 122 Å². The molecule has 0 heterocycles. The monoisotopic (exact) mass is 660 g/mol. The topological polar surface area (TPSA) is 150 Å². The first kappa shape index (κ1) is 45.2. The molecule has 0 aromatic carbocycles. The van der Waals surface area contributed by atoms with Gasteiger partial charge in [-0.25, -0.2) is 0 Å². The molecule has 276 valence electrons. The quantitative estimate of drug-likeness (QED) is 0.0359. The van der Waals surface area contributed by atoms with Crippen molar-refractivity contribution in [2.24, 2.45) is 5.92 Å². The van der Waals surface area contributed by atoms with Gasteiger partial charge in [-0.1, -0.05) is 174 Å². The van der Waals surface area contributed by atoms with E-state index in [1.54, 1.807) is 0 Å². The molecule has 0 spiro atoms. The van der Waals surface area contributed by atoms with Gasteiger partial charge >= 0.3 is 0 Å². The minimum absolute atomic E-state index is 0.324. The Bertz CT molecular complexity index is 653. The van der Waals surface area contributed by atoms with Crippen molar-refractivity contribution >= 4 is 5.91 Å². The van der Waals surface area contributed by atoms with Crippen LogP contribution >= 0.6 is 0 Å². The Kier molecular flexibility index (Phi) is 32.2. The molecule has 0 saturated heterocycles. The number of hydrogen-bond donors (Lipinski definition) is 7. The van der Waals surface area contributed by atoms with Crippen molar-refractivity contribution in [2.45, 2.75) is 218 Å². The molecule has 0 radical (unpaired) electrons. The van der Waals surface area contributed by atoms with Crippen LogP contribution in [0.4, 0.5) is 0 Å². The van der Waals surface area contributed by atoms with E-state index in [4.69, 9.17) is 5.11 Å². The smallest absolute Gasteiger partial charge is 0.225 e. The standard InChI is InChI=1S/C38H77NO7/c1-3-5-7-9-11-13-15-17-19-21-23-25-27-29-33(41)32(28-26-24-22-20-18-16-14-12-10-8-6-4-2)38(46)39-30-34(42)36(44)37(45)35(43)31-40/h32-37,40-45H,3-31H2,1-2H3,(H,39,46). The zero-order chi connectivity index (χ0) is 34.3. The van der Waals surface area contributed by atoms with Gasteiger partial charge in [0.25, 0.3) is 0 Å². The van der Waals surface area contributed by atoms with Crippen LogP contribution < -0.4 is 5.32 Å². The molecule has 0 aliphatic carbocycles. The summed E-state index contributed by atoms with van der Waals surface area (Å²) in [4.78, 5) is 13.1. The second kappa shape index (κ2) is 32.8. The van der Waals surface area contributed by atoms with Crippen LogP contribution in [0.2, 0.25) is 0 Å². The van der Waals surface area contributed by atoms with Crippen LogP contribution in [-0.2, 0) is 4.79 Å². The summed E-state index contributed by atoms with van der Waals surface area (Å²) in [5.74, 6) is -0.966. The molecule has 6 atom stereocenters. The highest BCUT2D eigenvalue weighted by molar-refractivity contribution is 5.79. The van der Waals surface area contributed by atoms with Gasteiger partial charge < -0.3 is 36.0 Å². The van der Waals surface area contributed by atoms with Crippen LogP contribution in [0.5, 0.6) is 0 Å². The van der Waals surface area contributed by atoms with Gasteiger partial charge in [0, 0.05) is 6.54 Å². The highest BCUT2D eigenvalue weighted by Gasteiger charge is 2.32. The van der Waals surface area contributed by atoms with E-state index in [9.17, 15) is 30.3 Å². The van der Waals surface area contributed by atoms with Crippen LogP contribution in [0, 0.1) is 5.92 Å². The Morgan fingerprint density at radius 3 is 1.15 bits per heavy atom. The lowest BCUT2D eigenvalue weighted by molar-refractivity contribution is -0.132. The molecule has 8 nitrogen and oxygen atoms in total. The third kappa shape index (κ3) is 25.3. The normalized spacial score (nSPS) is 15.7. The zero-order valence-corrected chi connectivity index (χ0v) is 30.1. The summed E-state index contributed by atoms with van der Waals surface area (Å²) >= 11 is 0. The van der Waals surface area contributed by atoms with E-state index in [0.29, 0.717) is 12.8 Å². The maximum absolute atomic E-state index is 13.1. The molecule has 0 saturated carbocycles. The van der Waals surface area contributed by atoms with Crippen molar-refractivity contribution in [1.82, 2.24) is 5.32 Å². The molecular weight excluding hydrogens is 582 g/mol. The molecule has 7 N–H and O–H groups in total. The summed E-state index contributed by atoms with van der Waals surface area (Å²) in [7, 11) is 0. The van der Waals surface area contributed by atoms with Gasteiger partial charge in [0.05, 0.1) is 24.7 Å². The molecule has 46 heavy (non-hydrogen) atoms. The highest BCUT2D eigenvalue weighted by Crippen LogP contribution is 2.21. The molecule has 0 aliphatic rings. The average Bonchev–Trinajstić information content (AvgIpc) is 3.06. The summed E-state index contributed by atoms with van der Waals surface area (Å²) in [6.07, 6.45) is 24.7. The molecule has 6 unspecified atom stereocenters. The summed E-state index contributed by atoms with van der Waals surface area (Å²) < 4.78 is 0. The number of carbonyl (C=O) groups excluding carboxylic acids is 1. The Hall–Kier alpha value is -0.770. The van der Waals surface area contributed by atoms with Crippen molar-refractivity contribution in [3.05, 3.63) is 0 Å². The van der Waals surface area contributed by atoms with E-state index < -0.39 is 43.0 Å². The minimum Gasteiger partial charge on any atom is -0.394 e. The fourth-order valence-corrected chi connectivity index (χ4v) is 6.30. The maximum Gasteiger partial charge on any atom is 0.225 e. The third-order valence-corrected chi connectivity index (χ3v) is 9.58. The zero-order valence-electron chi connectivity index (χ0n) is 30.1. The van der Waals surface area contributed by atoms with Crippen molar-refractivity contribution in [3.8, 4) is 0 Å². The summed E-state index contributed by atoms with van der Waals surface area (Å²) in [6.45, 7) is 3.41. The van der Waals surface area contributed by atoms with Gasteiger partial charge in [0.1, 0.15) is 18.3 Å². The van der Waals surface area contributed by atoms with Crippen LogP contribution in [0.25, 0.3) is 0 Å². The number of aliphatic hydroxyl groups excluding tert-OH is 6. The fraction of sp³-hybridized carbons (Fsp3) is 0.974. The number of hydrogen-bond acceptors (Lipinski definition) is 7. The number of amides is 1. The Morgan fingerprint density at radius 2 is 0.783 bits per heavy atom. The van der Waals surface area contributed by atoms with Crippen LogP contribution in [-0.4, -0.2) is 80.2 Å². The Morgan fingerprint density at radius 1 is 0.457 bits per heavy atom. The van der Waals surface area contributed by atoms with Crippen LogP contribution in [0.1, 0.15) is 187 Å². The second-order valence-corrected chi connectivity index (χ2v) is 13.9. The lowest BCUT2D eigenvalue weighted by Gasteiger charge is -2.27. The summed E-state index contributed by atoms with van der Waals surface area (Å²) in [6, 6.07) is 0. The van der Waals surface area contributed by atoms with Gasteiger partial charge in [-0.05, 0) is 12.8 Å². The number of carbonyl (C=O) groups is 1. The van der Waals surface area contributed by atoms with Gasteiger partial charge in [-0.3, -0.25) is 4.79 Å². The first-order valence-corrected chi connectivity index (χ1v) is 19.6. The van der Waals surface area contributed by atoms with E-state index in [0.717, 1.165) is 38.5 Å². The van der Waals surface area contributed by atoms with Crippen LogP contribution in [0.3, 0.4) is 0 Å². The van der Waals surface area contributed by atoms with Gasteiger partial charge in [-0.15, -0.1) is 0 Å². The van der Waals surface area contributed by atoms with Gasteiger partial charge in [0.15, 0.2) is 0 Å². The highest BCUT2D eigenvalue weighted by atomic mass is 16.4. The van der Waals surface area contributed by atoms with Crippen molar-refractivity contribution in [2.75, 3.05) is 13.2 Å². The van der Waals surface area contributed by atoms with Crippen LogP contribution in [0.15, 0.2) is 0 Å². The maximum atomic E-state index is 13.1. The van der Waals surface area contributed by atoms with Crippen molar-refractivity contribution in [3.63, 3.8) is 0 Å². The molecule has 8 heteroatoms. The lowest BCUT2D eigenvalue weighted by Crippen LogP contribution is -2.50. The van der Waals surface area contributed by atoms with E-state index in [-0.39, 0.29) is 12.5 Å². The molecule has 0 fully saturated rings. The Balaban J connectivity index is 4.49. The number of aliphatic hydroxyl groups is 6. The predicted molar refractivity (Wildman–Crippen MR) is 190 cm³/mol. The molecule has 0 aliphatic heterocycles. The average molecular weight is 660 g/mol.